The summed E-state index contributed by atoms with van der Waals surface area (Å²) in [5.41, 5.74) is 1.27. The molecule has 5 nitrogen and oxygen atoms in total. The second-order valence-corrected chi connectivity index (χ2v) is 4.49. The monoisotopic (exact) mass is 243 g/mol. The minimum Gasteiger partial charge on any atom is -0.300 e. The maximum Gasteiger partial charge on any atom is 0.228 e. The summed E-state index contributed by atoms with van der Waals surface area (Å²) in [5.74, 6) is 0.207. The number of anilines is 1. The molecule has 0 radical (unpaired) electrons. The van der Waals surface area contributed by atoms with Crippen molar-refractivity contribution >= 4 is 17.5 Å². The standard InChI is InChI=1S/C13H13N3O2/c1-8-3-12(15-6-11(8)5-14)16-7-10(9(2)17)4-13(16)18/h3,6,10H,4,7H2,1-2H3. The fourth-order valence-electron chi connectivity index (χ4n) is 2.01. The van der Waals surface area contributed by atoms with E-state index in [1.165, 1.54) is 18.0 Å². The van der Waals surface area contributed by atoms with E-state index in [4.69, 9.17) is 5.26 Å². The molecule has 92 valence electrons. The van der Waals surface area contributed by atoms with Gasteiger partial charge in [-0.25, -0.2) is 4.98 Å². The van der Waals surface area contributed by atoms with Crippen LogP contribution in [0.25, 0.3) is 0 Å². The number of aryl methyl sites for hydroxylation is 1. The number of carbonyl (C=O) groups excluding carboxylic acids is 2. The van der Waals surface area contributed by atoms with Crippen LogP contribution in [0.2, 0.25) is 0 Å². The topological polar surface area (TPSA) is 74.1 Å². The number of carbonyl (C=O) groups is 2. The molecule has 0 saturated carbocycles. The maximum absolute atomic E-state index is 11.8. The third-order valence-electron chi connectivity index (χ3n) is 3.19. The average Bonchev–Trinajstić information content (AvgIpc) is 2.71. The van der Waals surface area contributed by atoms with Crippen LogP contribution in [0.1, 0.15) is 24.5 Å². The molecule has 1 atom stereocenters. The van der Waals surface area contributed by atoms with Crippen molar-refractivity contribution in [2.24, 2.45) is 5.92 Å². The Labute approximate surface area is 105 Å². The van der Waals surface area contributed by atoms with Crippen molar-refractivity contribution in [2.75, 3.05) is 11.4 Å². The number of aromatic nitrogens is 1. The van der Waals surface area contributed by atoms with Crippen LogP contribution >= 0.6 is 0 Å². The van der Waals surface area contributed by atoms with Crippen molar-refractivity contribution in [3.8, 4) is 6.07 Å². The van der Waals surface area contributed by atoms with Crippen molar-refractivity contribution < 1.29 is 9.59 Å². The average molecular weight is 243 g/mol. The van der Waals surface area contributed by atoms with E-state index in [2.05, 4.69) is 4.98 Å². The molecular weight excluding hydrogens is 230 g/mol. The van der Waals surface area contributed by atoms with Crippen LogP contribution in [0.3, 0.4) is 0 Å². The lowest BCUT2D eigenvalue weighted by Gasteiger charge is -2.15. The molecule has 1 unspecified atom stereocenters. The predicted octanol–water partition coefficient (Wildman–Crippen LogP) is 1.20. The van der Waals surface area contributed by atoms with Gasteiger partial charge in [0.2, 0.25) is 5.91 Å². The Bertz CT molecular complexity index is 560. The number of pyridine rings is 1. The van der Waals surface area contributed by atoms with Gasteiger partial charge in [-0.3, -0.25) is 14.5 Å². The van der Waals surface area contributed by atoms with Gasteiger partial charge in [-0.2, -0.15) is 5.26 Å². The van der Waals surface area contributed by atoms with Gasteiger partial charge in [0, 0.05) is 25.1 Å². The van der Waals surface area contributed by atoms with Crippen LogP contribution in [0, 0.1) is 24.2 Å². The number of rotatable bonds is 2. The van der Waals surface area contributed by atoms with Crippen molar-refractivity contribution in [1.29, 1.82) is 5.26 Å². The molecule has 2 heterocycles. The SMILES string of the molecule is CC(=O)C1CC(=O)N(c2cc(C)c(C#N)cn2)C1. The Balaban J connectivity index is 2.28. The lowest BCUT2D eigenvalue weighted by molar-refractivity contribution is -0.123. The molecule has 1 amide bonds. The number of hydrogen-bond acceptors (Lipinski definition) is 4. The fraction of sp³-hybridized carbons (Fsp3) is 0.385. The van der Waals surface area contributed by atoms with E-state index in [9.17, 15) is 9.59 Å². The minimum absolute atomic E-state index is 0.0243. The molecular formula is C13H13N3O2. The van der Waals surface area contributed by atoms with E-state index in [1.807, 2.05) is 6.07 Å². The molecule has 1 saturated heterocycles. The lowest BCUT2D eigenvalue weighted by Crippen LogP contribution is -2.26. The number of nitrogens with zero attached hydrogens (tertiary/aromatic N) is 3. The summed E-state index contributed by atoms with van der Waals surface area (Å²) in [6, 6.07) is 3.74. The van der Waals surface area contributed by atoms with E-state index in [-0.39, 0.29) is 24.0 Å². The van der Waals surface area contributed by atoms with Crippen molar-refractivity contribution in [3.63, 3.8) is 0 Å². The highest BCUT2D eigenvalue weighted by molar-refractivity contribution is 5.99. The minimum atomic E-state index is -0.241. The third-order valence-corrected chi connectivity index (χ3v) is 3.19. The van der Waals surface area contributed by atoms with Crippen molar-refractivity contribution in [1.82, 2.24) is 4.98 Å². The van der Waals surface area contributed by atoms with E-state index < -0.39 is 0 Å². The van der Waals surface area contributed by atoms with Gasteiger partial charge in [-0.1, -0.05) is 0 Å². The first-order valence-electron chi connectivity index (χ1n) is 5.70. The summed E-state index contributed by atoms with van der Waals surface area (Å²) in [5, 5.41) is 8.83. The molecule has 0 spiro atoms. The zero-order valence-electron chi connectivity index (χ0n) is 10.3. The highest BCUT2D eigenvalue weighted by Crippen LogP contribution is 2.25. The number of Topliss-reactive ketones (excluding diaryl/α,β-unsaturated/α-hetero) is 1. The first-order valence-corrected chi connectivity index (χ1v) is 5.70. The zero-order valence-corrected chi connectivity index (χ0v) is 10.3. The molecule has 5 heteroatoms. The number of ketones is 1. The molecule has 0 N–H and O–H groups in total. The van der Waals surface area contributed by atoms with Crippen LogP contribution in [0.4, 0.5) is 5.82 Å². The second-order valence-electron chi connectivity index (χ2n) is 4.49. The fourth-order valence-corrected chi connectivity index (χ4v) is 2.01. The largest absolute Gasteiger partial charge is 0.300 e. The molecule has 0 aromatic carbocycles. The number of hydrogen-bond donors (Lipinski definition) is 0. The van der Waals surface area contributed by atoms with Crippen LogP contribution in [-0.2, 0) is 9.59 Å². The Kier molecular flexibility index (Phi) is 3.11. The van der Waals surface area contributed by atoms with Gasteiger partial charge in [0.05, 0.1) is 5.56 Å². The summed E-state index contributed by atoms with van der Waals surface area (Å²) in [7, 11) is 0. The van der Waals surface area contributed by atoms with Crippen molar-refractivity contribution in [2.45, 2.75) is 20.3 Å². The normalized spacial score (nSPS) is 18.8. The predicted molar refractivity (Wildman–Crippen MR) is 64.8 cm³/mol. The molecule has 1 aliphatic heterocycles. The Morgan fingerprint density at radius 3 is 2.83 bits per heavy atom. The summed E-state index contributed by atoms with van der Waals surface area (Å²) < 4.78 is 0. The molecule has 1 aromatic rings. The molecule has 0 bridgehead atoms. The van der Waals surface area contributed by atoms with Crippen LogP contribution in [0.15, 0.2) is 12.3 Å². The molecule has 18 heavy (non-hydrogen) atoms. The Morgan fingerprint density at radius 1 is 1.61 bits per heavy atom. The quantitative estimate of drug-likeness (QED) is 0.782. The van der Waals surface area contributed by atoms with Gasteiger partial charge in [-0.05, 0) is 25.5 Å². The van der Waals surface area contributed by atoms with Crippen molar-refractivity contribution in [3.05, 3.63) is 23.4 Å². The summed E-state index contributed by atoms with van der Waals surface area (Å²) in [6.07, 6.45) is 1.70. The van der Waals surface area contributed by atoms with Gasteiger partial charge in [0.25, 0.3) is 0 Å². The highest BCUT2D eigenvalue weighted by atomic mass is 16.2. The molecule has 1 aliphatic rings. The molecule has 0 aliphatic carbocycles. The number of amides is 1. The van der Waals surface area contributed by atoms with Gasteiger partial charge >= 0.3 is 0 Å². The first kappa shape index (κ1) is 12.2. The summed E-state index contributed by atoms with van der Waals surface area (Å²) in [4.78, 5) is 28.7. The Hall–Kier alpha value is -2.22. The van der Waals surface area contributed by atoms with Gasteiger partial charge in [0.15, 0.2) is 0 Å². The van der Waals surface area contributed by atoms with E-state index in [0.717, 1.165) is 5.56 Å². The van der Waals surface area contributed by atoms with E-state index in [1.54, 1.807) is 13.0 Å². The van der Waals surface area contributed by atoms with E-state index >= 15 is 0 Å². The van der Waals surface area contributed by atoms with Gasteiger partial charge in [0.1, 0.15) is 17.7 Å². The molecule has 1 aromatic heterocycles. The molecule has 2 rings (SSSR count). The second kappa shape index (κ2) is 4.57. The Morgan fingerprint density at radius 2 is 2.33 bits per heavy atom. The van der Waals surface area contributed by atoms with E-state index in [0.29, 0.717) is 17.9 Å². The van der Waals surface area contributed by atoms with Crippen LogP contribution < -0.4 is 4.90 Å². The van der Waals surface area contributed by atoms with Crippen LogP contribution in [-0.4, -0.2) is 23.2 Å². The smallest absolute Gasteiger partial charge is 0.228 e. The highest BCUT2D eigenvalue weighted by Gasteiger charge is 2.33. The number of nitriles is 1. The maximum atomic E-state index is 11.8. The lowest BCUT2D eigenvalue weighted by atomic mass is 10.1. The molecule has 1 fully saturated rings. The third kappa shape index (κ3) is 2.09. The summed E-state index contributed by atoms with van der Waals surface area (Å²) >= 11 is 0. The summed E-state index contributed by atoms with van der Waals surface area (Å²) in [6.45, 7) is 3.68. The van der Waals surface area contributed by atoms with Crippen LogP contribution in [0.5, 0.6) is 0 Å². The van der Waals surface area contributed by atoms with Gasteiger partial charge < -0.3 is 0 Å². The first-order chi connectivity index (χ1) is 8.52. The van der Waals surface area contributed by atoms with Gasteiger partial charge in [-0.15, -0.1) is 0 Å². The zero-order chi connectivity index (χ0) is 13.3.